The van der Waals surface area contributed by atoms with Gasteiger partial charge in [-0.15, -0.1) is 5.10 Å². The zero-order chi connectivity index (χ0) is 14.7. The van der Waals surface area contributed by atoms with Crippen molar-refractivity contribution in [3.8, 4) is 0 Å². The molecule has 0 saturated heterocycles. The predicted octanol–water partition coefficient (Wildman–Crippen LogP) is 0.361. The number of aromatic carboxylic acids is 1. The second-order valence-corrected chi connectivity index (χ2v) is 4.48. The average molecular weight is 274 g/mol. The lowest BCUT2D eigenvalue weighted by Gasteiger charge is -2.06. The number of carboxylic acids is 1. The lowest BCUT2D eigenvalue weighted by Crippen LogP contribution is -2.21. The molecule has 1 aromatic heterocycles. The minimum Gasteiger partial charge on any atom is -0.476 e. The van der Waals surface area contributed by atoms with Crippen LogP contribution in [0, 0.1) is 6.92 Å². The standard InChI is InChI=1S/C13H14N4O3/c1-8-3-2-4-9(5-8)6-10-12(13(19)20)15-16-17(10)7-11(14)18/h2-5H,6-7H2,1H3,(H2,14,18)(H,19,20). The van der Waals surface area contributed by atoms with E-state index in [1.807, 2.05) is 31.2 Å². The van der Waals surface area contributed by atoms with Crippen molar-refractivity contribution in [1.29, 1.82) is 0 Å². The fourth-order valence-corrected chi connectivity index (χ4v) is 1.96. The van der Waals surface area contributed by atoms with Crippen molar-refractivity contribution in [2.45, 2.75) is 19.9 Å². The van der Waals surface area contributed by atoms with Crippen LogP contribution in [0.25, 0.3) is 0 Å². The normalized spacial score (nSPS) is 10.4. The van der Waals surface area contributed by atoms with Gasteiger partial charge in [-0.1, -0.05) is 35.0 Å². The maximum absolute atomic E-state index is 11.1. The summed E-state index contributed by atoms with van der Waals surface area (Å²) in [6.07, 6.45) is 0.323. The Morgan fingerprint density at radius 1 is 1.40 bits per heavy atom. The van der Waals surface area contributed by atoms with Gasteiger partial charge in [0.25, 0.3) is 0 Å². The van der Waals surface area contributed by atoms with Gasteiger partial charge in [0.2, 0.25) is 5.91 Å². The van der Waals surface area contributed by atoms with E-state index in [0.717, 1.165) is 11.1 Å². The van der Waals surface area contributed by atoms with Gasteiger partial charge in [-0.2, -0.15) is 0 Å². The van der Waals surface area contributed by atoms with Gasteiger partial charge < -0.3 is 10.8 Å². The number of carbonyl (C=O) groups is 2. The Bertz CT molecular complexity index is 663. The van der Waals surface area contributed by atoms with Gasteiger partial charge in [0.05, 0.1) is 5.69 Å². The van der Waals surface area contributed by atoms with Crippen molar-refractivity contribution < 1.29 is 14.7 Å². The lowest BCUT2D eigenvalue weighted by atomic mass is 10.1. The second-order valence-electron chi connectivity index (χ2n) is 4.48. The third-order valence-electron chi connectivity index (χ3n) is 2.80. The molecule has 7 heteroatoms. The van der Waals surface area contributed by atoms with Crippen molar-refractivity contribution in [2.24, 2.45) is 5.73 Å². The minimum atomic E-state index is -1.18. The summed E-state index contributed by atoms with van der Waals surface area (Å²) in [4.78, 5) is 22.1. The predicted molar refractivity (Wildman–Crippen MR) is 70.2 cm³/mol. The van der Waals surface area contributed by atoms with Gasteiger partial charge in [0, 0.05) is 6.42 Å². The molecule has 0 radical (unpaired) electrons. The number of aryl methyl sites for hydroxylation is 1. The first-order valence-corrected chi connectivity index (χ1v) is 5.97. The van der Waals surface area contributed by atoms with Crippen molar-refractivity contribution in [3.63, 3.8) is 0 Å². The first kappa shape index (κ1) is 13.7. The molecule has 0 atom stereocenters. The third kappa shape index (κ3) is 3.00. The molecular weight excluding hydrogens is 260 g/mol. The molecule has 1 heterocycles. The van der Waals surface area contributed by atoms with Crippen LogP contribution in [0.3, 0.4) is 0 Å². The maximum Gasteiger partial charge on any atom is 0.358 e. The minimum absolute atomic E-state index is 0.159. The van der Waals surface area contributed by atoms with E-state index in [-0.39, 0.29) is 12.2 Å². The molecule has 0 aliphatic rings. The van der Waals surface area contributed by atoms with E-state index in [2.05, 4.69) is 10.3 Å². The summed E-state index contributed by atoms with van der Waals surface area (Å²) >= 11 is 0. The smallest absolute Gasteiger partial charge is 0.358 e. The summed E-state index contributed by atoms with van der Waals surface area (Å²) in [7, 11) is 0. The Hall–Kier alpha value is -2.70. The van der Waals surface area contributed by atoms with Crippen LogP contribution in [0.4, 0.5) is 0 Å². The highest BCUT2D eigenvalue weighted by molar-refractivity contribution is 5.86. The summed E-state index contributed by atoms with van der Waals surface area (Å²) in [6.45, 7) is 1.75. The average Bonchev–Trinajstić information content (AvgIpc) is 2.72. The number of hydrogen-bond donors (Lipinski definition) is 2. The SMILES string of the molecule is Cc1cccc(Cc2c(C(=O)O)nnn2CC(N)=O)c1. The molecule has 0 saturated carbocycles. The molecule has 1 aromatic carbocycles. The molecule has 0 aliphatic heterocycles. The Morgan fingerprint density at radius 2 is 2.15 bits per heavy atom. The van der Waals surface area contributed by atoms with Crippen molar-refractivity contribution in [2.75, 3.05) is 0 Å². The fourth-order valence-electron chi connectivity index (χ4n) is 1.96. The number of aromatic nitrogens is 3. The highest BCUT2D eigenvalue weighted by Gasteiger charge is 2.20. The number of amides is 1. The summed E-state index contributed by atoms with van der Waals surface area (Å²) in [5.41, 5.74) is 7.31. The molecule has 2 aromatic rings. The van der Waals surface area contributed by atoms with Crippen LogP contribution in [-0.2, 0) is 17.8 Å². The van der Waals surface area contributed by atoms with E-state index >= 15 is 0 Å². The number of hydrogen-bond acceptors (Lipinski definition) is 4. The number of nitrogens with two attached hydrogens (primary N) is 1. The molecule has 104 valence electrons. The van der Waals surface area contributed by atoms with Crippen molar-refractivity contribution >= 4 is 11.9 Å². The van der Waals surface area contributed by atoms with Gasteiger partial charge >= 0.3 is 5.97 Å². The Labute approximate surface area is 115 Å². The van der Waals surface area contributed by atoms with Gasteiger partial charge in [0.15, 0.2) is 5.69 Å². The zero-order valence-corrected chi connectivity index (χ0v) is 10.9. The topological polar surface area (TPSA) is 111 Å². The molecule has 0 bridgehead atoms. The molecule has 3 N–H and O–H groups in total. The van der Waals surface area contributed by atoms with E-state index in [1.165, 1.54) is 4.68 Å². The number of rotatable bonds is 5. The van der Waals surface area contributed by atoms with Crippen LogP contribution in [0.2, 0.25) is 0 Å². The van der Waals surface area contributed by atoms with E-state index in [0.29, 0.717) is 12.1 Å². The number of carbonyl (C=O) groups excluding carboxylic acids is 1. The fraction of sp³-hybridized carbons (Fsp3) is 0.231. The third-order valence-corrected chi connectivity index (χ3v) is 2.80. The van der Waals surface area contributed by atoms with Crippen molar-refractivity contribution in [3.05, 3.63) is 46.8 Å². The lowest BCUT2D eigenvalue weighted by molar-refractivity contribution is -0.118. The largest absolute Gasteiger partial charge is 0.476 e. The van der Waals surface area contributed by atoms with Gasteiger partial charge in [-0.25, -0.2) is 9.48 Å². The molecular formula is C13H14N4O3. The van der Waals surface area contributed by atoms with E-state index in [9.17, 15) is 9.59 Å². The summed E-state index contributed by atoms with van der Waals surface area (Å²) in [6, 6.07) is 7.64. The van der Waals surface area contributed by atoms with Crippen LogP contribution in [0.1, 0.15) is 27.3 Å². The highest BCUT2D eigenvalue weighted by Crippen LogP contribution is 2.14. The van der Waals surface area contributed by atoms with Crippen LogP contribution in [0.15, 0.2) is 24.3 Å². The summed E-state index contributed by atoms with van der Waals surface area (Å²) < 4.78 is 1.23. The number of benzene rings is 1. The Morgan fingerprint density at radius 3 is 2.75 bits per heavy atom. The van der Waals surface area contributed by atoms with Crippen LogP contribution in [0.5, 0.6) is 0 Å². The van der Waals surface area contributed by atoms with Crippen LogP contribution >= 0.6 is 0 Å². The second kappa shape index (κ2) is 5.52. The summed E-state index contributed by atoms with van der Waals surface area (Å²) in [5.74, 6) is -1.78. The van der Waals surface area contributed by atoms with Crippen LogP contribution in [-0.4, -0.2) is 32.0 Å². The zero-order valence-electron chi connectivity index (χ0n) is 10.9. The molecule has 2 rings (SSSR count). The van der Waals surface area contributed by atoms with E-state index in [4.69, 9.17) is 10.8 Å². The van der Waals surface area contributed by atoms with Crippen LogP contribution < -0.4 is 5.73 Å². The Balaban J connectivity index is 2.39. The monoisotopic (exact) mass is 274 g/mol. The van der Waals surface area contributed by atoms with Gasteiger partial charge in [0.1, 0.15) is 6.54 Å². The van der Waals surface area contributed by atoms with Crippen molar-refractivity contribution in [1.82, 2.24) is 15.0 Å². The van der Waals surface area contributed by atoms with E-state index < -0.39 is 11.9 Å². The van der Waals surface area contributed by atoms with E-state index in [1.54, 1.807) is 0 Å². The molecule has 0 aliphatic carbocycles. The number of nitrogens with zero attached hydrogens (tertiary/aromatic N) is 3. The molecule has 0 spiro atoms. The Kier molecular flexibility index (Phi) is 3.79. The maximum atomic E-state index is 11.1. The molecule has 0 fully saturated rings. The number of primary amides is 1. The first-order chi connectivity index (χ1) is 9.47. The molecule has 20 heavy (non-hydrogen) atoms. The molecule has 7 nitrogen and oxygen atoms in total. The number of carboxylic acid groups (broad SMARTS) is 1. The quantitative estimate of drug-likeness (QED) is 0.817. The van der Waals surface area contributed by atoms with Gasteiger partial charge in [-0.05, 0) is 12.5 Å². The first-order valence-electron chi connectivity index (χ1n) is 5.97. The molecule has 1 amide bonds. The van der Waals surface area contributed by atoms with Gasteiger partial charge in [-0.3, -0.25) is 4.79 Å². The molecule has 0 unspecified atom stereocenters. The highest BCUT2D eigenvalue weighted by atomic mass is 16.4. The summed E-state index contributed by atoms with van der Waals surface area (Å²) in [5, 5.41) is 16.4.